The topological polar surface area (TPSA) is 33.4 Å². The van der Waals surface area contributed by atoms with Gasteiger partial charge in [-0.2, -0.15) is 0 Å². The van der Waals surface area contributed by atoms with E-state index in [-0.39, 0.29) is 0 Å². The third-order valence-electron chi connectivity index (χ3n) is 3.84. The zero-order valence-electron chi connectivity index (χ0n) is 10.7. The van der Waals surface area contributed by atoms with Crippen molar-refractivity contribution in [1.29, 1.82) is 0 Å². The number of furan rings is 1. The van der Waals surface area contributed by atoms with Crippen molar-refractivity contribution in [2.24, 2.45) is 0 Å². The van der Waals surface area contributed by atoms with Crippen molar-refractivity contribution in [2.75, 3.05) is 0 Å². The lowest BCUT2D eigenvalue weighted by molar-refractivity contribution is 0.139. The Balaban J connectivity index is 2.30. The fourth-order valence-electron chi connectivity index (χ4n) is 1.95. The summed E-state index contributed by atoms with van der Waals surface area (Å²) in [6.45, 7) is 7.07. The van der Waals surface area contributed by atoms with Crippen molar-refractivity contribution in [3.63, 3.8) is 0 Å². The highest BCUT2D eigenvalue weighted by Crippen LogP contribution is 2.26. The van der Waals surface area contributed by atoms with E-state index >= 15 is 0 Å². The van der Waals surface area contributed by atoms with Gasteiger partial charge in [-0.25, -0.2) is 0 Å². The van der Waals surface area contributed by atoms with E-state index in [1.807, 2.05) is 12.1 Å². The summed E-state index contributed by atoms with van der Waals surface area (Å²) in [5.74, 6) is 0.705. The quantitative estimate of drug-likeness (QED) is 0.724. The van der Waals surface area contributed by atoms with Crippen molar-refractivity contribution in [2.45, 2.75) is 57.5 Å². The first-order chi connectivity index (χ1) is 7.61. The molecular formula is C13H24O2Si. The molecule has 1 atom stereocenters. The van der Waals surface area contributed by atoms with Crippen LogP contribution in [-0.4, -0.2) is 13.2 Å². The minimum atomic E-state index is -0.991. The fourth-order valence-corrected chi connectivity index (χ4v) is 4.21. The molecule has 2 nitrogen and oxygen atoms in total. The van der Waals surface area contributed by atoms with Crippen LogP contribution in [0.3, 0.4) is 0 Å². The second-order valence-corrected chi connectivity index (χ2v) is 10.5. The highest BCUT2D eigenvalue weighted by Gasteiger charge is 2.22. The van der Waals surface area contributed by atoms with E-state index in [0.717, 1.165) is 12.8 Å². The molecule has 0 aliphatic heterocycles. The SMILES string of the molecule is CC[Si](C)(CC)CCCC(O)c1ccco1. The monoisotopic (exact) mass is 240 g/mol. The second kappa shape index (κ2) is 6.26. The number of aliphatic hydroxyl groups is 1. The van der Waals surface area contributed by atoms with E-state index in [1.54, 1.807) is 6.26 Å². The molecule has 1 rings (SSSR count). The molecule has 16 heavy (non-hydrogen) atoms. The number of hydrogen-bond donors (Lipinski definition) is 1. The molecule has 0 bridgehead atoms. The van der Waals surface area contributed by atoms with Gasteiger partial charge in [0.05, 0.1) is 6.26 Å². The van der Waals surface area contributed by atoms with Crippen molar-refractivity contribution < 1.29 is 9.52 Å². The van der Waals surface area contributed by atoms with Gasteiger partial charge < -0.3 is 9.52 Å². The zero-order chi connectivity index (χ0) is 12.0. The summed E-state index contributed by atoms with van der Waals surface area (Å²) >= 11 is 0. The van der Waals surface area contributed by atoms with Gasteiger partial charge in [0.2, 0.25) is 0 Å². The molecule has 1 unspecified atom stereocenters. The fraction of sp³-hybridized carbons (Fsp3) is 0.692. The van der Waals surface area contributed by atoms with Crippen LogP contribution in [0.2, 0.25) is 24.7 Å². The molecule has 1 aromatic heterocycles. The number of aliphatic hydroxyl groups excluding tert-OH is 1. The van der Waals surface area contributed by atoms with Gasteiger partial charge in [0.25, 0.3) is 0 Å². The molecule has 0 saturated heterocycles. The lowest BCUT2D eigenvalue weighted by Crippen LogP contribution is -2.27. The Morgan fingerprint density at radius 2 is 2.06 bits per heavy atom. The predicted molar refractivity (Wildman–Crippen MR) is 70.3 cm³/mol. The first-order valence-corrected chi connectivity index (χ1v) is 9.45. The van der Waals surface area contributed by atoms with Gasteiger partial charge >= 0.3 is 0 Å². The second-order valence-electron chi connectivity index (χ2n) is 4.94. The maximum atomic E-state index is 9.87. The molecule has 0 aliphatic rings. The smallest absolute Gasteiger partial charge is 0.132 e. The summed E-state index contributed by atoms with van der Waals surface area (Å²) in [6.07, 6.45) is 3.15. The van der Waals surface area contributed by atoms with Crippen molar-refractivity contribution in [3.05, 3.63) is 24.2 Å². The molecule has 92 valence electrons. The maximum absolute atomic E-state index is 9.87. The Hall–Kier alpha value is -0.543. The normalized spacial score (nSPS) is 14.0. The van der Waals surface area contributed by atoms with E-state index in [1.165, 1.54) is 18.1 Å². The van der Waals surface area contributed by atoms with Crippen molar-refractivity contribution >= 4 is 8.07 Å². The molecule has 0 aromatic carbocycles. The summed E-state index contributed by atoms with van der Waals surface area (Å²) in [5.41, 5.74) is 0. The minimum absolute atomic E-state index is 0.415. The molecule has 0 spiro atoms. The Morgan fingerprint density at radius 1 is 1.38 bits per heavy atom. The molecule has 0 amide bonds. The van der Waals surface area contributed by atoms with E-state index in [4.69, 9.17) is 4.42 Å². The summed E-state index contributed by atoms with van der Waals surface area (Å²) < 4.78 is 5.19. The molecule has 3 heteroatoms. The van der Waals surface area contributed by atoms with E-state index in [0.29, 0.717) is 5.76 Å². The van der Waals surface area contributed by atoms with Crippen LogP contribution in [0.4, 0.5) is 0 Å². The number of rotatable bonds is 7. The first kappa shape index (κ1) is 13.5. The van der Waals surface area contributed by atoms with Gasteiger partial charge in [-0.3, -0.25) is 0 Å². The van der Waals surface area contributed by atoms with Crippen LogP contribution >= 0.6 is 0 Å². The maximum Gasteiger partial charge on any atom is 0.132 e. The molecular weight excluding hydrogens is 216 g/mol. The van der Waals surface area contributed by atoms with Gasteiger partial charge in [0.1, 0.15) is 11.9 Å². The third-order valence-corrected chi connectivity index (χ3v) is 8.81. The van der Waals surface area contributed by atoms with Gasteiger partial charge in [0, 0.05) is 8.07 Å². The van der Waals surface area contributed by atoms with Crippen molar-refractivity contribution in [3.8, 4) is 0 Å². The van der Waals surface area contributed by atoms with E-state index in [2.05, 4.69) is 20.4 Å². The van der Waals surface area contributed by atoms with Gasteiger partial charge in [-0.15, -0.1) is 0 Å². The average molecular weight is 240 g/mol. The van der Waals surface area contributed by atoms with Gasteiger partial charge in [-0.05, 0) is 18.6 Å². The first-order valence-electron chi connectivity index (χ1n) is 6.33. The highest BCUT2D eigenvalue weighted by molar-refractivity contribution is 6.78. The summed E-state index contributed by atoms with van der Waals surface area (Å²) in [7, 11) is -0.991. The Bertz CT molecular complexity index is 278. The molecule has 1 aromatic rings. The van der Waals surface area contributed by atoms with Gasteiger partial charge in [-0.1, -0.05) is 44.9 Å². The summed E-state index contributed by atoms with van der Waals surface area (Å²) in [5, 5.41) is 9.87. The van der Waals surface area contributed by atoms with Crippen LogP contribution < -0.4 is 0 Å². The van der Waals surface area contributed by atoms with Crippen LogP contribution in [0.25, 0.3) is 0 Å². The minimum Gasteiger partial charge on any atom is -0.467 e. The summed E-state index contributed by atoms with van der Waals surface area (Å²) in [4.78, 5) is 0. The summed E-state index contributed by atoms with van der Waals surface area (Å²) in [6, 6.07) is 7.69. The standard InChI is InChI=1S/C13H24O2Si/c1-4-16(3,5-2)11-7-8-12(14)13-9-6-10-15-13/h6,9-10,12,14H,4-5,7-8,11H2,1-3H3. The highest BCUT2D eigenvalue weighted by atomic mass is 28.3. The van der Waals surface area contributed by atoms with E-state index in [9.17, 15) is 5.11 Å². The predicted octanol–water partition coefficient (Wildman–Crippen LogP) is 4.21. The van der Waals surface area contributed by atoms with E-state index < -0.39 is 14.2 Å². The molecule has 0 saturated carbocycles. The zero-order valence-corrected chi connectivity index (χ0v) is 11.7. The molecule has 0 radical (unpaired) electrons. The van der Waals surface area contributed by atoms with Crippen LogP contribution in [0.1, 0.15) is 38.6 Å². The Labute approximate surface area is 99.7 Å². The number of hydrogen-bond acceptors (Lipinski definition) is 2. The molecule has 0 fully saturated rings. The van der Waals surface area contributed by atoms with Crippen molar-refractivity contribution in [1.82, 2.24) is 0 Å². The largest absolute Gasteiger partial charge is 0.467 e. The molecule has 1 N–H and O–H groups in total. The van der Waals surface area contributed by atoms with Crippen LogP contribution in [0.15, 0.2) is 22.8 Å². The van der Waals surface area contributed by atoms with Gasteiger partial charge in [0.15, 0.2) is 0 Å². The Kier molecular flexibility index (Phi) is 5.29. The lowest BCUT2D eigenvalue weighted by Gasteiger charge is -2.24. The third kappa shape index (κ3) is 3.80. The molecule has 1 heterocycles. The lowest BCUT2D eigenvalue weighted by atomic mass is 10.2. The Morgan fingerprint density at radius 3 is 2.56 bits per heavy atom. The average Bonchev–Trinajstić information content (AvgIpc) is 2.82. The van der Waals surface area contributed by atoms with Crippen LogP contribution in [0.5, 0.6) is 0 Å². The molecule has 0 aliphatic carbocycles. The van der Waals surface area contributed by atoms with Crippen LogP contribution in [0, 0.1) is 0 Å². The van der Waals surface area contributed by atoms with Crippen LogP contribution in [-0.2, 0) is 0 Å².